The number of anilines is 1. The third-order valence-corrected chi connectivity index (χ3v) is 5.50. The molecule has 138 valence electrons. The predicted molar refractivity (Wildman–Crippen MR) is 105 cm³/mol. The van der Waals surface area contributed by atoms with Crippen LogP contribution in [0.5, 0.6) is 0 Å². The first-order valence-electron chi connectivity index (χ1n) is 7.96. The SMILES string of the molecule is CNC(=O)c1cccc(-c2cnc(Cl)c(NS(=O)(=O)c3ccccc3)c2)c1. The highest BCUT2D eigenvalue weighted by molar-refractivity contribution is 7.92. The summed E-state index contributed by atoms with van der Waals surface area (Å²) in [6.45, 7) is 0. The number of amides is 1. The first-order chi connectivity index (χ1) is 12.9. The average Bonchev–Trinajstić information content (AvgIpc) is 2.69. The van der Waals surface area contributed by atoms with Crippen molar-refractivity contribution in [1.82, 2.24) is 10.3 Å². The molecule has 0 unspecified atom stereocenters. The predicted octanol–water partition coefficient (Wildman–Crippen LogP) is 3.56. The van der Waals surface area contributed by atoms with Crippen LogP contribution in [0.3, 0.4) is 0 Å². The van der Waals surface area contributed by atoms with Crippen LogP contribution >= 0.6 is 11.6 Å². The van der Waals surface area contributed by atoms with Crippen molar-refractivity contribution in [2.24, 2.45) is 0 Å². The maximum atomic E-state index is 12.5. The summed E-state index contributed by atoms with van der Waals surface area (Å²) in [4.78, 5) is 16.0. The van der Waals surface area contributed by atoms with Crippen LogP contribution in [-0.2, 0) is 10.0 Å². The number of halogens is 1. The van der Waals surface area contributed by atoms with E-state index in [1.54, 1.807) is 55.6 Å². The lowest BCUT2D eigenvalue weighted by Gasteiger charge is -2.11. The second-order valence-electron chi connectivity index (χ2n) is 5.64. The number of pyridine rings is 1. The fraction of sp³-hybridized carbons (Fsp3) is 0.0526. The van der Waals surface area contributed by atoms with E-state index in [1.807, 2.05) is 0 Å². The van der Waals surface area contributed by atoms with Gasteiger partial charge in [-0.2, -0.15) is 0 Å². The molecule has 2 aromatic carbocycles. The van der Waals surface area contributed by atoms with Crippen molar-refractivity contribution in [3.05, 3.63) is 77.6 Å². The molecule has 27 heavy (non-hydrogen) atoms. The summed E-state index contributed by atoms with van der Waals surface area (Å²) in [5.74, 6) is -0.219. The highest BCUT2D eigenvalue weighted by Gasteiger charge is 2.17. The first kappa shape index (κ1) is 18.9. The van der Waals surface area contributed by atoms with Crippen LogP contribution in [0.2, 0.25) is 5.15 Å². The minimum atomic E-state index is -3.80. The summed E-state index contributed by atoms with van der Waals surface area (Å²) in [6.07, 6.45) is 1.52. The summed E-state index contributed by atoms with van der Waals surface area (Å²) in [6, 6.07) is 16.5. The highest BCUT2D eigenvalue weighted by atomic mass is 35.5. The Labute approximate surface area is 162 Å². The molecule has 6 nitrogen and oxygen atoms in total. The van der Waals surface area contributed by atoms with Gasteiger partial charge in [0.1, 0.15) is 0 Å². The average molecular weight is 402 g/mol. The summed E-state index contributed by atoms with van der Waals surface area (Å²) in [7, 11) is -2.25. The maximum absolute atomic E-state index is 12.5. The number of carbonyl (C=O) groups is 1. The second-order valence-corrected chi connectivity index (χ2v) is 7.68. The molecular formula is C19H16ClN3O3S. The van der Waals surface area contributed by atoms with Crippen molar-refractivity contribution < 1.29 is 13.2 Å². The van der Waals surface area contributed by atoms with E-state index in [1.165, 1.54) is 18.3 Å². The zero-order valence-electron chi connectivity index (χ0n) is 14.3. The molecule has 0 saturated carbocycles. The molecule has 0 fully saturated rings. The van der Waals surface area contributed by atoms with Crippen molar-refractivity contribution in [1.29, 1.82) is 0 Å². The van der Waals surface area contributed by atoms with Crippen molar-refractivity contribution in [2.45, 2.75) is 4.90 Å². The molecule has 0 bridgehead atoms. The number of hydrogen-bond donors (Lipinski definition) is 2. The molecule has 0 radical (unpaired) electrons. The Morgan fingerprint density at radius 3 is 2.44 bits per heavy atom. The molecule has 0 aliphatic rings. The number of nitrogens with one attached hydrogen (secondary N) is 2. The lowest BCUT2D eigenvalue weighted by Crippen LogP contribution is -2.17. The molecule has 2 N–H and O–H groups in total. The Balaban J connectivity index is 1.97. The Kier molecular flexibility index (Phi) is 5.43. The molecule has 0 atom stereocenters. The lowest BCUT2D eigenvalue weighted by atomic mass is 10.0. The Hall–Kier alpha value is -2.90. The molecule has 1 amide bonds. The Bertz CT molecular complexity index is 1090. The second kappa shape index (κ2) is 7.77. The van der Waals surface area contributed by atoms with Gasteiger partial charge in [0.05, 0.1) is 10.6 Å². The van der Waals surface area contributed by atoms with E-state index in [0.29, 0.717) is 16.7 Å². The van der Waals surface area contributed by atoms with E-state index >= 15 is 0 Å². The number of hydrogen-bond acceptors (Lipinski definition) is 4. The molecule has 1 aromatic heterocycles. The minimum absolute atomic E-state index is 0.0284. The fourth-order valence-corrected chi connectivity index (χ4v) is 3.75. The third-order valence-electron chi connectivity index (χ3n) is 3.82. The van der Waals surface area contributed by atoms with Gasteiger partial charge in [-0.15, -0.1) is 0 Å². The van der Waals surface area contributed by atoms with E-state index in [4.69, 9.17) is 11.6 Å². The van der Waals surface area contributed by atoms with E-state index in [9.17, 15) is 13.2 Å². The standard InChI is InChI=1S/C19H16ClN3O3S/c1-21-19(24)14-7-5-6-13(10-14)15-11-17(18(20)22-12-15)23-27(25,26)16-8-3-2-4-9-16/h2-12,23H,1H3,(H,21,24). The van der Waals surface area contributed by atoms with Crippen LogP contribution in [0.1, 0.15) is 10.4 Å². The number of aromatic nitrogens is 1. The molecule has 3 aromatic rings. The molecular weight excluding hydrogens is 386 g/mol. The topological polar surface area (TPSA) is 88.2 Å². The zero-order chi connectivity index (χ0) is 19.4. The molecule has 0 aliphatic heterocycles. The molecule has 8 heteroatoms. The third kappa shape index (κ3) is 4.27. The quantitative estimate of drug-likeness (QED) is 0.640. The van der Waals surface area contributed by atoms with Gasteiger partial charge < -0.3 is 5.32 Å². The largest absolute Gasteiger partial charge is 0.355 e. The van der Waals surface area contributed by atoms with Crippen LogP contribution in [0, 0.1) is 0 Å². The number of nitrogens with zero attached hydrogens (tertiary/aromatic N) is 1. The Morgan fingerprint density at radius 1 is 1.00 bits per heavy atom. The van der Waals surface area contributed by atoms with E-state index in [2.05, 4.69) is 15.0 Å². The molecule has 0 aliphatic carbocycles. The summed E-state index contributed by atoms with van der Waals surface area (Å²) >= 11 is 6.08. The van der Waals surface area contributed by atoms with E-state index in [-0.39, 0.29) is 21.6 Å². The summed E-state index contributed by atoms with van der Waals surface area (Å²) in [5.41, 5.74) is 1.97. The fourth-order valence-electron chi connectivity index (χ4n) is 2.47. The number of sulfonamides is 1. The molecule has 0 saturated heterocycles. The van der Waals surface area contributed by atoms with Gasteiger partial charge in [-0.25, -0.2) is 13.4 Å². The molecule has 0 spiro atoms. The molecule has 3 rings (SSSR count). The van der Waals surface area contributed by atoms with Crippen molar-refractivity contribution in [3.8, 4) is 11.1 Å². The smallest absolute Gasteiger partial charge is 0.261 e. The monoisotopic (exact) mass is 401 g/mol. The van der Waals surface area contributed by atoms with E-state index in [0.717, 1.165) is 0 Å². The van der Waals surface area contributed by atoms with Gasteiger partial charge in [0.15, 0.2) is 5.15 Å². The van der Waals surface area contributed by atoms with Crippen LogP contribution in [0.15, 0.2) is 71.8 Å². The van der Waals surface area contributed by atoms with Crippen LogP contribution < -0.4 is 10.0 Å². The van der Waals surface area contributed by atoms with Gasteiger partial charge in [0.2, 0.25) is 0 Å². The zero-order valence-corrected chi connectivity index (χ0v) is 15.9. The van der Waals surface area contributed by atoms with E-state index < -0.39 is 10.0 Å². The van der Waals surface area contributed by atoms with Gasteiger partial charge in [0.25, 0.3) is 15.9 Å². The maximum Gasteiger partial charge on any atom is 0.261 e. The van der Waals surface area contributed by atoms with Gasteiger partial charge in [-0.1, -0.05) is 41.9 Å². The summed E-state index contributed by atoms with van der Waals surface area (Å²) < 4.78 is 27.5. The van der Waals surface area contributed by atoms with Gasteiger partial charge in [-0.05, 0) is 35.9 Å². The number of benzene rings is 2. The van der Waals surface area contributed by atoms with Crippen molar-refractivity contribution in [3.63, 3.8) is 0 Å². The van der Waals surface area contributed by atoms with Gasteiger partial charge >= 0.3 is 0 Å². The van der Waals surface area contributed by atoms with Crippen molar-refractivity contribution in [2.75, 3.05) is 11.8 Å². The van der Waals surface area contributed by atoms with Crippen LogP contribution in [-0.4, -0.2) is 26.4 Å². The van der Waals surface area contributed by atoms with Gasteiger partial charge in [-0.3, -0.25) is 9.52 Å². The summed E-state index contributed by atoms with van der Waals surface area (Å²) in [5, 5.41) is 2.59. The van der Waals surface area contributed by atoms with Crippen LogP contribution in [0.4, 0.5) is 5.69 Å². The first-order valence-corrected chi connectivity index (χ1v) is 9.83. The normalized spacial score (nSPS) is 11.0. The molecule has 1 heterocycles. The lowest BCUT2D eigenvalue weighted by molar-refractivity contribution is 0.0963. The Morgan fingerprint density at radius 2 is 1.74 bits per heavy atom. The van der Waals surface area contributed by atoms with Gasteiger partial charge in [0, 0.05) is 24.4 Å². The number of carbonyl (C=O) groups excluding carboxylic acids is 1. The van der Waals surface area contributed by atoms with Crippen LogP contribution in [0.25, 0.3) is 11.1 Å². The van der Waals surface area contributed by atoms with Crippen molar-refractivity contribution >= 4 is 33.2 Å². The minimum Gasteiger partial charge on any atom is -0.355 e. The number of rotatable bonds is 5. The highest BCUT2D eigenvalue weighted by Crippen LogP contribution is 2.29.